The summed E-state index contributed by atoms with van der Waals surface area (Å²) in [6.07, 6.45) is 4.64. The van der Waals surface area contributed by atoms with Gasteiger partial charge in [0.15, 0.2) is 0 Å². The molecule has 112 valence electrons. The maximum absolute atomic E-state index is 12.4. The lowest BCUT2D eigenvalue weighted by Gasteiger charge is -2.34. The van der Waals surface area contributed by atoms with Gasteiger partial charge < -0.3 is 10.2 Å². The molecule has 0 spiro atoms. The molecule has 1 saturated heterocycles. The lowest BCUT2D eigenvalue weighted by molar-refractivity contribution is -0.127. The molecule has 1 aromatic heterocycles. The molecule has 5 heteroatoms. The molecule has 0 saturated carbocycles. The third kappa shape index (κ3) is 3.79. The zero-order chi connectivity index (χ0) is 14.5. The fraction of sp³-hybridized carbons (Fsp3) is 0.733. The quantitative estimate of drug-likeness (QED) is 0.908. The standard InChI is InChI=1S/C15H25N3OS/c1-4-13(15-16-7-10-20-15)17-14(19)12-5-8-18(9-6-12)11(2)3/h7,10-13H,4-6,8-9H2,1-3H3,(H,17,19). The van der Waals surface area contributed by atoms with Gasteiger partial charge in [0.1, 0.15) is 5.01 Å². The molecule has 0 aromatic carbocycles. The van der Waals surface area contributed by atoms with E-state index in [2.05, 4.69) is 36.0 Å². The minimum absolute atomic E-state index is 0.0747. The first kappa shape index (κ1) is 15.4. The van der Waals surface area contributed by atoms with Gasteiger partial charge in [-0.25, -0.2) is 4.98 Å². The average Bonchev–Trinajstić information content (AvgIpc) is 2.98. The van der Waals surface area contributed by atoms with Crippen LogP contribution in [0.25, 0.3) is 0 Å². The molecule has 1 aliphatic rings. The van der Waals surface area contributed by atoms with Crippen LogP contribution in [0.1, 0.15) is 51.1 Å². The molecule has 4 nitrogen and oxygen atoms in total. The van der Waals surface area contributed by atoms with Gasteiger partial charge in [-0.2, -0.15) is 0 Å². The first-order valence-electron chi connectivity index (χ1n) is 7.55. The number of nitrogens with zero attached hydrogens (tertiary/aromatic N) is 2. The highest BCUT2D eigenvalue weighted by atomic mass is 32.1. The number of carbonyl (C=O) groups excluding carboxylic acids is 1. The van der Waals surface area contributed by atoms with Crippen LogP contribution in [0.3, 0.4) is 0 Å². The van der Waals surface area contributed by atoms with E-state index in [1.54, 1.807) is 17.5 Å². The Bertz CT molecular complexity index is 411. The number of aromatic nitrogens is 1. The van der Waals surface area contributed by atoms with Crippen molar-refractivity contribution >= 4 is 17.2 Å². The first-order valence-corrected chi connectivity index (χ1v) is 8.43. The summed E-state index contributed by atoms with van der Waals surface area (Å²) >= 11 is 1.61. The zero-order valence-electron chi connectivity index (χ0n) is 12.6. The Morgan fingerprint density at radius 2 is 2.20 bits per heavy atom. The van der Waals surface area contributed by atoms with Crippen LogP contribution < -0.4 is 5.32 Å². The highest BCUT2D eigenvalue weighted by Gasteiger charge is 2.27. The molecule has 1 N–H and O–H groups in total. The third-order valence-corrected chi connectivity index (χ3v) is 4.99. The minimum Gasteiger partial charge on any atom is -0.347 e. The Morgan fingerprint density at radius 1 is 1.50 bits per heavy atom. The Kier molecular flexibility index (Phi) is 5.54. The van der Waals surface area contributed by atoms with E-state index >= 15 is 0 Å². The van der Waals surface area contributed by atoms with Crippen LogP contribution >= 0.6 is 11.3 Å². The second kappa shape index (κ2) is 7.18. The zero-order valence-corrected chi connectivity index (χ0v) is 13.4. The minimum atomic E-state index is 0.0747. The van der Waals surface area contributed by atoms with Crippen molar-refractivity contribution in [3.63, 3.8) is 0 Å². The normalized spacial score (nSPS) is 19.2. The highest BCUT2D eigenvalue weighted by Crippen LogP contribution is 2.23. The van der Waals surface area contributed by atoms with E-state index < -0.39 is 0 Å². The Morgan fingerprint density at radius 3 is 2.70 bits per heavy atom. The first-order chi connectivity index (χ1) is 9.61. The van der Waals surface area contributed by atoms with E-state index in [4.69, 9.17) is 0 Å². The molecule has 20 heavy (non-hydrogen) atoms. The van der Waals surface area contributed by atoms with Crippen LogP contribution in [-0.2, 0) is 4.79 Å². The number of thiazole rings is 1. The van der Waals surface area contributed by atoms with Gasteiger partial charge in [-0.1, -0.05) is 6.92 Å². The van der Waals surface area contributed by atoms with Crippen molar-refractivity contribution in [2.75, 3.05) is 13.1 Å². The number of nitrogens with one attached hydrogen (secondary N) is 1. The maximum atomic E-state index is 12.4. The van der Waals surface area contributed by atoms with Crippen LogP contribution in [0.5, 0.6) is 0 Å². The summed E-state index contributed by atoms with van der Waals surface area (Å²) in [5, 5.41) is 6.15. The number of rotatable bonds is 5. The van der Waals surface area contributed by atoms with Gasteiger partial charge in [-0.3, -0.25) is 4.79 Å². The van der Waals surface area contributed by atoms with Crippen molar-refractivity contribution in [1.82, 2.24) is 15.2 Å². The second-order valence-corrected chi connectivity index (χ2v) is 6.67. The third-order valence-electron chi connectivity index (χ3n) is 4.10. The predicted octanol–water partition coefficient (Wildman–Crippen LogP) is 2.83. The number of amides is 1. The maximum Gasteiger partial charge on any atom is 0.223 e. The molecule has 0 aliphatic carbocycles. The van der Waals surface area contributed by atoms with Crippen molar-refractivity contribution in [3.05, 3.63) is 16.6 Å². The molecule has 1 aliphatic heterocycles. The van der Waals surface area contributed by atoms with Gasteiger partial charge in [0, 0.05) is 23.5 Å². The van der Waals surface area contributed by atoms with Crippen LogP contribution in [0, 0.1) is 5.92 Å². The van der Waals surface area contributed by atoms with Gasteiger partial charge in [0.05, 0.1) is 6.04 Å². The molecular weight excluding hydrogens is 270 g/mol. The van der Waals surface area contributed by atoms with E-state index in [0.29, 0.717) is 6.04 Å². The van der Waals surface area contributed by atoms with Gasteiger partial charge >= 0.3 is 0 Å². The van der Waals surface area contributed by atoms with E-state index in [1.165, 1.54) is 0 Å². The van der Waals surface area contributed by atoms with Crippen molar-refractivity contribution < 1.29 is 4.79 Å². The Hall–Kier alpha value is -0.940. The number of hydrogen-bond acceptors (Lipinski definition) is 4. The summed E-state index contributed by atoms with van der Waals surface area (Å²) in [4.78, 5) is 19.1. The molecule has 1 aromatic rings. The largest absolute Gasteiger partial charge is 0.347 e. The summed E-state index contributed by atoms with van der Waals surface area (Å²) in [5.41, 5.74) is 0. The Balaban J connectivity index is 1.86. The van der Waals surface area contributed by atoms with Crippen molar-refractivity contribution in [1.29, 1.82) is 0 Å². The van der Waals surface area contributed by atoms with Crippen molar-refractivity contribution in [2.45, 2.75) is 52.1 Å². The molecule has 1 atom stereocenters. The summed E-state index contributed by atoms with van der Waals surface area (Å²) in [6, 6.07) is 0.656. The predicted molar refractivity (Wildman–Crippen MR) is 82.7 cm³/mol. The lowest BCUT2D eigenvalue weighted by Crippen LogP contribution is -2.43. The fourth-order valence-electron chi connectivity index (χ4n) is 2.71. The van der Waals surface area contributed by atoms with Crippen LogP contribution in [0.4, 0.5) is 0 Å². The van der Waals surface area contributed by atoms with Gasteiger partial charge in [0.2, 0.25) is 5.91 Å². The van der Waals surface area contributed by atoms with E-state index in [1.807, 2.05) is 5.38 Å². The molecular formula is C15H25N3OS. The summed E-state index contributed by atoms with van der Waals surface area (Å²) < 4.78 is 0. The summed E-state index contributed by atoms with van der Waals surface area (Å²) in [6.45, 7) is 8.59. The smallest absolute Gasteiger partial charge is 0.223 e. The number of carbonyl (C=O) groups is 1. The van der Waals surface area contributed by atoms with Crippen LogP contribution in [-0.4, -0.2) is 34.9 Å². The Labute approximate surface area is 125 Å². The summed E-state index contributed by atoms with van der Waals surface area (Å²) in [7, 11) is 0. The number of likely N-dealkylation sites (tertiary alicyclic amines) is 1. The molecule has 0 radical (unpaired) electrons. The number of hydrogen-bond donors (Lipinski definition) is 1. The van der Waals surface area contributed by atoms with Gasteiger partial charge in [0.25, 0.3) is 0 Å². The van der Waals surface area contributed by atoms with Crippen molar-refractivity contribution in [3.8, 4) is 0 Å². The topological polar surface area (TPSA) is 45.2 Å². The molecule has 0 bridgehead atoms. The van der Waals surface area contributed by atoms with Gasteiger partial charge in [-0.05, 0) is 46.2 Å². The van der Waals surface area contributed by atoms with Crippen LogP contribution in [0.2, 0.25) is 0 Å². The lowest BCUT2D eigenvalue weighted by atomic mass is 9.94. The van der Waals surface area contributed by atoms with E-state index in [0.717, 1.165) is 37.4 Å². The SMILES string of the molecule is CCC(NC(=O)C1CCN(C(C)C)CC1)c1nccs1. The molecule has 2 heterocycles. The molecule has 2 rings (SSSR count). The van der Waals surface area contributed by atoms with Crippen molar-refractivity contribution in [2.24, 2.45) is 5.92 Å². The second-order valence-electron chi connectivity index (χ2n) is 5.74. The molecule has 1 unspecified atom stereocenters. The van der Waals surface area contributed by atoms with E-state index in [-0.39, 0.29) is 17.9 Å². The number of piperidine rings is 1. The van der Waals surface area contributed by atoms with Crippen LogP contribution in [0.15, 0.2) is 11.6 Å². The highest BCUT2D eigenvalue weighted by molar-refractivity contribution is 7.09. The fourth-order valence-corrected chi connectivity index (χ4v) is 3.49. The average molecular weight is 295 g/mol. The monoisotopic (exact) mass is 295 g/mol. The molecule has 1 fully saturated rings. The van der Waals surface area contributed by atoms with Gasteiger partial charge in [-0.15, -0.1) is 11.3 Å². The molecule has 1 amide bonds. The van der Waals surface area contributed by atoms with E-state index in [9.17, 15) is 4.79 Å². The summed E-state index contributed by atoms with van der Waals surface area (Å²) in [5.74, 6) is 0.370.